The Balaban J connectivity index is 1.12. The molecule has 2 unspecified atom stereocenters. The van der Waals surface area contributed by atoms with Gasteiger partial charge in [0.05, 0.1) is 5.56 Å². The molecule has 0 saturated heterocycles. The second-order valence-electron chi connectivity index (χ2n) is 12.1. The minimum Gasteiger partial charge on any atom is -0.360 e. The van der Waals surface area contributed by atoms with Crippen molar-refractivity contribution in [3.63, 3.8) is 0 Å². The molecule has 3 heteroatoms. The van der Waals surface area contributed by atoms with E-state index < -0.39 is 0 Å². The van der Waals surface area contributed by atoms with Crippen LogP contribution in [-0.2, 0) is 12.8 Å². The summed E-state index contributed by atoms with van der Waals surface area (Å²) in [6.07, 6.45) is 2.98. The van der Waals surface area contributed by atoms with Gasteiger partial charge in [0.2, 0.25) is 0 Å². The predicted octanol–water partition coefficient (Wildman–Crippen LogP) is 10.1. The average molecular weight is 583 g/mol. The normalized spacial score (nSPS) is 16.7. The number of para-hydroxylation sites is 2. The number of aryl methyl sites for hydroxylation is 1. The van der Waals surface area contributed by atoms with Crippen molar-refractivity contribution in [2.45, 2.75) is 31.3 Å². The van der Waals surface area contributed by atoms with E-state index in [-0.39, 0.29) is 12.1 Å². The Kier molecular flexibility index (Phi) is 7.00. The Hall–Kier alpha value is -5.41. The lowest BCUT2D eigenvalue weighted by Gasteiger charge is -2.38. The van der Waals surface area contributed by atoms with Gasteiger partial charge in [-0.15, -0.1) is 0 Å². The quantitative estimate of drug-likeness (QED) is 0.212. The zero-order valence-electron chi connectivity index (χ0n) is 25.1. The summed E-state index contributed by atoms with van der Waals surface area (Å²) < 4.78 is 0. The number of benzene rings is 6. The number of hydrogen-bond acceptors (Lipinski definition) is 2. The average Bonchev–Trinajstić information content (AvgIpc) is 3.11. The van der Waals surface area contributed by atoms with E-state index in [4.69, 9.17) is 0 Å². The van der Waals surface area contributed by atoms with Crippen LogP contribution >= 0.6 is 0 Å². The monoisotopic (exact) mass is 582 g/mol. The lowest BCUT2D eigenvalue weighted by molar-refractivity contribution is 0.0975. The Morgan fingerprint density at radius 1 is 0.622 bits per heavy atom. The molecule has 0 spiro atoms. The molecule has 2 atom stereocenters. The molecule has 0 aromatic heterocycles. The summed E-state index contributed by atoms with van der Waals surface area (Å²) in [5.74, 6) is 0.494. The second kappa shape index (κ2) is 11.6. The molecule has 3 nitrogen and oxygen atoms in total. The molecule has 2 aliphatic rings. The van der Waals surface area contributed by atoms with E-state index in [9.17, 15) is 4.79 Å². The smallest absolute Gasteiger partial charge is 0.262 e. The first-order valence-electron chi connectivity index (χ1n) is 15.8. The van der Waals surface area contributed by atoms with Gasteiger partial charge in [0.1, 0.15) is 6.17 Å². The molecule has 0 bridgehead atoms. The highest BCUT2D eigenvalue weighted by Crippen LogP contribution is 2.44. The van der Waals surface area contributed by atoms with E-state index in [1.165, 1.54) is 38.9 Å². The number of carbonyl (C=O) groups is 1. The Bertz CT molecular complexity index is 1980. The van der Waals surface area contributed by atoms with Gasteiger partial charge >= 0.3 is 0 Å². The predicted molar refractivity (Wildman–Crippen MR) is 185 cm³/mol. The van der Waals surface area contributed by atoms with Crippen LogP contribution in [0.4, 0.5) is 11.4 Å². The van der Waals surface area contributed by atoms with Gasteiger partial charge in [0.15, 0.2) is 0 Å². The van der Waals surface area contributed by atoms with Crippen molar-refractivity contribution >= 4 is 17.3 Å². The molecular weight excluding hydrogens is 548 g/mol. The highest BCUT2D eigenvalue weighted by Gasteiger charge is 2.34. The molecule has 1 amide bonds. The molecule has 6 aromatic carbocycles. The number of hydrogen-bond donors (Lipinski definition) is 1. The molecule has 8 rings (SSSR count). The molecule has 45 heavy (non-hydrogen) atoms. The Labute approximate surface area is 264 Å². The molecule has 1 aliphatic heterocycles. The van der Waals surface area contributed by atoms with Crippen molar-refractivity contribution in [2.24, 2.45) is 0 Å². The van der Waals surface area contributed by atoms with Crippen LogP contribution in [0.1, 0.15) is 51.1 Å². The van der Waals surface area contributed by atoms with Crippen LogP contribution in [0, 0.1) is 0 Å². The van der Waals surface area contributed by atoms with Crippen LogP contribution < -0.4 is 10.2 Å². The molecule has 0 fully saturated rings. The standard InChI is InChI=1S/C42H34N2O/c45-42-38-17-9-10-18-40(38)43-41(44(42)35-14-5-2-6-15-35)31-23-21-30(22-24-31)32-25-26-37-34(20-19-29-11-3-1-4-12-29)27-33-13-7-8-16-36(33)39(37)28-32/h1-18,21-26,28,34,41,43H,19-20,27H2. The van der Waals surface area contributed by atoms with Gasteiger partial charge in [-0.3, -0.25) is 9.69 Å². The van der Waals surface area contributed by atoms with Crippen molar-refractivity contribution in [2.75, 3.05) is 10.2 Å². The Morgan fingerprint density at radius 3 is 2.09 bits per heavy atom. The van der Waals surface area contributed by atoms with Crippen LogP contribution in [0.15, 0.2) is 152 Å². The number of anilines is 2. The first kappa shape index (κ1) is 27.2. The number of fused-ring (bicyclic) bond motifs is 4. The van der Waals surface area contributed by atoms with Gasteiger partial charge in [-0.05, 0) is 100 Å². The fraction of sp³-hybridized carbons (Fsp3) is 0.119. The summed E-state index contributed by atoms with van der Waals surface area (Å²) in [6, 6.07) is 53.1. The lowest BCUT2D eigenvalue weighted by Crippen LogP contribution is -2.43. The van der Waals surface area contributed by atoms with Crippen molar-refractivity contribution < 1.29 is 4.79 Å². The summed E-state index contributed by atoms with van der Waals surface area (Å²) in [6.45, 7) is 0. The van der Waals surface area contributed by atoms with E-state index in [0.29, 0.717) is 11.5 Å². The third-order valence-corrected chi connectivity index (χ3v) is 9.41. The third-order valence-electron chi connectivity index (χ3n) is 9.41. The number of amides is 1. The number of nitrogens with one attached hydrogen (secondary N) is 1. The Morgan fingerprint density at radius 2 is 1.29 bits per heavy atom. The van der Waals surface area contributed by atoms with Crippen LogP contribution in [0.2, 0.25) is 0 Å². The molecule has 0 radical (unpaired) electrons. The first-order chi connectivity index (χ1) is 22.2. The molecule has 1 heterocycles. The van der Waals surface area contributed by atoms with Crippen LogP contribution in [0.25, 0.3) is 22.3 Å². The van der Waals surface area contributed by atoms with Gasteiger partial charge in [-0.1, -0.05) is 121 Å². The summed E-state index contributed by atoms with van der Waals surface area (Å²) in [4.78, 5) is 15.6. The first-order valence-corrected chi connectivity index (χ1v) is 15.8. The number of carbonyl (C=O) groups excluding carboxylic acids is 1. The number of nitrogens with zero attached hydrogens (tertiary/aromatic N) is 1. The lowest BCUT2D eigenvalue weighted by atomic mass is 9.75. The summed E-state index contributed by atoms with van der Waals surface area (Å²) in [5.41, 5.74) is 12.8. The topological polar surface area (TPSA) is 32.3 Å². The van der Waals surface area contributed by atoms with Crippen LogP contribution in [-0.4, -0.2) is 5.91 Å². The van der Waals surface area contributed by atoms with Gasteiger partial charge in [-0.25, -0.2) is 0 Å². The largest absolute Gasteiger partial charge is 0.360 e. The maximum Gasteiger partial charge on any atom is 0.262 e. The molecule has 1 N–H and O–H groups in total. The minimum atomic E-state index is -0.315. The molecule has 1 aliphatic carbocycles. The van der Waals surface area contributed by atoms with Crippen LogP contribution in [0.3, 0.4) is 0 Å². The minimum absolute atomic E-state index is 0.000187. The van der Waals surface area contributed by atoms with Gasteiger partial charge < -0.3 is 5.32 Å². The SMILES string of the molecule is O=C1c2ccccc2NC(c2ccc(-c3ccc4c(c3)-c3ccccc3CC4CCc3ccccc3)cc2)N1c1ccccc1. The summed E-state index contributed by atoms with van der Waals surface area (Å²) in [5, 5.41) is 3.64. The van der Waals surface area contributed by atoms with Crippen molar-refractivity contribution in [1.82, 2.24) is 0 Å². The second-order valence-corrected chi connectivity index (χ2v) is 12.1. The number of rotatable bonds is 6. The third kappa shape index (κ3) is 5.11. The summed E-state index contributed by atoms with van der Waals surface area (Å²) >= 11 is 0. The van der Waals surface area contributed by atoms with E-state index in [2.05, 4.69) is 102 Å². The molecule has 0 saturated carbocycles. The fourth-order valence-corrected chi connectivity index (χ4v) is 7.10. The van der Waals surface area contributed by atoms with E-state index in [0.717, 1.165) is 36.2 Å². The van der Waals surface area contributed by atoms with E-state index >= 15 is 0 Å². The van der Waals surface area contributed by atoms with Crippen LogP contribution in [0.5, 0.6) is 0 Å². The van der Waals surface area contributed by atoms with Gasteiger partial charge in [-0.2, -0.15) is 0 Å². The van der Waals surface area contributed by atoms with E-state index in [1.807, 2.05) is 59.5 Å². The van der Waals surface area contributed by atoms with Crippen molar-refractivity contribution in [3.8, 4) is 22.3 Å². The molecular formula is C42H34N2O. The van der Waals surface area contributed by atoms with Crippen molar-refractivity contribution in [1.29, 1.82) is 0 Å². The zero-order chi connectivity index (χ0) is 30.2. The highest BCUT2D eigenvalue weighted by atomic mass is 16.2. The maximum atomic E-state index is 13.8. The van der Waals surface area contributed by atoms with Gasteiger partial charge in [0, 0.05) is 11.4 Å². The van der Waals surface area contributed by atoms with Crippen molar-refractivity contribution in [3.05, 3.63) is 179 Å². The highest BCUT2D eigenvalue weighted by molar-refractivity contribution is 6.12. The molecule has 218 valence electrons. The van der Waals surface area contributed by atoms with Gasteiger partial charge in [0.25, 0.3) is 5.91 Å². The van der Waals surface area contributed by atoms with E-state index in [1.54, 1.807) is 0 Å². The molecule has 6 aromatic rings. The summed E-state index contributed by atoms with van der Waals surface area (Å²) in [7, 11) is 0. The fourth-order valence-electron chi connectivity index (χ4n) is 7.10. The zero-order valence-corrected chi connectivity index (χ0v) is 25.1. The maximum absolute atomic E-state index is 13.8.